The molecule has 0 radical (unpaired) electrons. The van der Waals surface area contributed by atoms with Crippen LogP contribution < -0.4 is 5.32 Å². The Balaban J connectivity index is 1.93. The van der Waals surface area contributed by atoms with Crippen molar-refractivity contribution in [3.05, 3.63) is 0 Å². The van der Waals surface area contributed by atoms with Crippen LogP contribution in [0.3, 0.4) is 0 Å². The van der Waals surface area contributed by atoms with E-state index in [4.69, 9.17) is 0 Å². The van der Waals surface area contributed by atoms with Crippen molar-refractivity contribution in [2.75, 3.05) is 6.54 Å². The molecule has 112 valence electrons. The van der Waals surface area contributed by atoms with Crippen molar-refractivity contribution in [2.24, 2.45) is 11.3 Å². The first-order valence-electron chi connectivity index (χ1n) is 8.44. The van der Waals surface area contributed by atoms with Gasteiger partial charge >= 0.3 is 0 Å². The van der Waals surface area contributed by atoms with E-state index in [1.165, 1.54) is 44.9 Å². The molecule has 1 saturated heterocycles. The predicted octanol–water partition coefficient (Wildman–Crippen LogP) is 3.88. The predicted molar refractivity (Wildman–Crippen MR) is 81.2 cm³/mol. The van der Waals surface area contributed by atoms with Crippen molar-refractivity contribution in [3.63, 3.8) is 0 Å². The summed E-state index contributed by atoms with van der Waals surface area (Å²) in [5, 5.41) is 14.6. The van der Waals surface area contributed by atoms with E-state index in [0.717, 1.165) is 25.3 Å². The second-order valence-corrected chi connectivity index (χ2v) is 7.58. The van der Waals surface area contributed by atoms with E-state index in [2.05, 4.69) is 26.1 Å². The van der Waals surface area contributed by atoms with Gasteiger partial charge in [0.25, 0.3) is 0 Å². The second-order valence-electron chi connectivity index (χ2n) is 7.58. The minimum Gasteiger partial charge on any atom is -0.388 e. The lowest BCUT2D eigenvalue weighted by atomic mass is 9.65. The third kappa shape index (κ3) is 3.52. The summed E-state index contributed by atoms with van der Waals surface area (Å²) in [6, 6.07) is 0.348. The molecule has 1 atom stereocenters. The largest absolute Gasteiger partial charge is 0.388 e. The summed E-state index contributed by atoms with van der Waals surface area (Å²) in [5.41, 5.74) is 0.0167. The zero-order chi connectivity index (χ0) is 13.9. The highest BCUT2D eigenvalue weighted by Crippen LogP contribution is 2.45. The molecule has 1 saturated carbocycles. The Bertz CT molecular complexity index is 271. The molecule has 0 amide bonds. The minimum absolute atomic E-state index is 0.348. The third-order valence-electron chi connectivity index (χ3n) is 6.08. The van der Waals surface area contributed by atoms with Crippen LogP contribution in [0.4, 0.5) is 0 Å². The van der Waals surface area contributed by atoms with Crippen LogP contribution in [0.25, 0.3) is 0 Å². The van der Waals surface area contributed by atoms with E-state index in [1.807, 2.05) is 0 Å². The van der Waals surface area contributed by atoms with Crippen LogP contribution >= 0.6 is 0 Å². The molecule has 1 unspecified atom stereocenters. The third-order valence-corrected chi connectivity index (χ3v) is 6.08. The molecule has 0 aromatic carbocycles. The van der Waals surface area contributed by atoms with Gasteiger partial charge in [0.2, 0.25) is 0 Å². The molecule has 19 heavy (non-hydrogen) atoms. The van der Waals surface area contributed by atoms with Gasteiger partial charge in [-0.1, -0.05) is 40.0 Å². The SMILES string of the molecule is CCC(C)(C)C1CCC(O)(C2CCCCCN2)CC1. The first-order chi connectivity index (χ1) is 8.98. The Morgan fingerprint density at radius 2 is 1.79 bits per heavy atom. The molecule has 0 spiro atoms. The second kappa shape index (κ2) is 6.13. The van der Waals surface area contributed by atoms with Gasteiger partial charge in [-0.3, -0.25) is 0 Å². The van der Waals surface area contributed by atoms with Gasteiger partial charge in [-0.2, -0.15) is 0 Å². The lowest BCUT2D eigenvalue weighted by Crippen LogP contribution is -2.53. The van der Waals surface area contributed by atoms with Crippen molar-refractivity contribution in [1.29, 1.82) is 0 Å². The summed E-state index contributed by atoms with van der Waals surface area (Å²) in [6.45, 7) is 8.18. The van der Waals surface area contributed by atoms with Gasteiger partial charge < -0.3 is 10.4 Å². The van der Waals surface area contributed by atoms with Crippen LogP contribution in [-0.4, -0.2) is 23.3 Å². The van der Waals surface area contributed by atoms with Gasteiger partial charge in [-0.05, 0) is 56.4 Å². The van der Waals surface area contributed by atoms with Crippen LogP contribution in [0.1, 0.15) is 78.6 Å². The first-order valence-corrected chi connectivity index (χ1v) is 8.44. The molecule has 2 heteroatoms. The smallest absolute Gasteiger partial charge is 0.0800 e. The van der Waals surface area contributed by atoms with Crippen molar-refractivity contribution in [2.45, 2.75) is 90.2 Å². The average Bonchev–Trinajstić information content (AvgIpc) is 2.68. The van der Waals surface area contributed by atoms with E-state index in [9.17, 15) is 5.11 Å². The van der Waals surface area contributed by atoms with Crippen LogP contribution in [0.2, 0.25) is 0 Å². The monoisotopic (exact) mass is 267 g/mol. The number of aliphatic hydroxyl groups is 1. The summed E-state index contributed by atoms with van der Waals surface area (Å²) in [7, 11) is 0. The van der Waals surface area contributed by atoms with E-state index >= 15 is 0 Å². The van der Waals surface area contributed by atoms with Crippen molar-refractivity contribution in [1.82, 2.24) is 5.32 Å². The van der Waals surface area contributed by atoms with Crippen LogP contribution in [0.15, 0.2) is 0 Å². The molecule has 2 nitrogen and oxygen atoms in total. The topological polar surface area (TPSA) is 32.3 Å². The molecule has 2 aliphatic rings. The van der Waals surface area contributed by atoms with Crippen molar-refractivity contribution >= 4 is 0 Å². The normalized spacial score (nSPS) is 37.9. The Morgan fingerprint density at radius 1 is 1.11 bits per heavy atom. The van der Waals surface area contributed by atoms with E-state index < -0.39 is 5.60 Å². The summed E-state index contributed by atoms with van der Waals surface area (Å²) < 4.78 is 0. The van der Waals surface area contributed by atoms with Crippen LogP contribution in [0, 0.1) is 11.3 Å². The zero-order valence-corrected chi connectivity index (χ0v) is 13.2. The molecule has 1 aliphatic heterocycles. The molecule has 2 fully saturated rings. The minimum atomic E-state index is -0.426. The molecular weight excluding hydrogens is 234 g/mol. The Kier molecular flexibility index (Phi) is 4.94. The van der Waals surface area contributed by atoms with Gasteiger partial charge in [0.1, 0.15) is 0 Å². The van der Waals surface area contributed by atoms with Gasteiger partial charge in [0.05, 0.1) is 5.60 Å². The molecule has 1 heterocycles. The fourth-order valence-corrected chi connectivity index (χ4v) is 4.02. The van der Waals surface area contributed by atoms with E-state index in [1.54, 1.807) is 0 Å². The van der Waals surface area contributed by atoms with E-state index in [0.29, 0.717) is 11.5 Å². The average molecular weight is 267 g/mol. The summed E-state index contributed by atoms with van der Waals surface area (Å²) in [4.78, 5) is 0. The highest BCUT2D eigenvalue weighted by atomic mass is 16.3. The molecule has 0 bridgehead atoms. The molecule has 0 aromatic heterocycles. The standard InChI is InChI=1S/C17H33NO/c1-4-16(2,3)14-9-11-17(19,12-10-14)15-8-6-5-7-13-18-15/h14-15,18-19H,4-13H2,1-3H3. The maximum Gasteiger partial charge on any atom is 0.0800 e. The fourth-order valence-electron chi connectivity index (χ4n) is 4.02. The van der Waals surface area contributed by atoms with Crippen LogP contribution in [0.5, 0.6) is 0 Å². The quantitative estimate of drug-likeness (QED) is 0.813. The summed E-state index contributed by atoms with van der Waals surface area (Å²) >= 11 is 0. The highest BCUT2D eigenvalue weighted by molar-refractivity contribution is 4.97. The molecule has 2 rings (SSSR count). The lowest BCUT2D eigenvalue weighted by molar-refractivity contribution is -0.0563. The van der Waals surface area contributed by atoms with Crippen molar-refractivity contribution < 1.29 is 5.11 Å². The number of hydrogen-bond donors (Lipinski definition) is 2. The summed E-state index contributed by atoms with van der Waals surface area (Å²) in [5.74, 6) is 0.795. The van der Waals surface area contributed by atoms with Crippen molar-refractivity contribution in [3.8, 4) is 0 Å². The molecule has 1 aliphatic carbocycles. The molecule has 0 aromatic rings. The number of rotatable bonds is 3. The summed E-state index contributed by atoms with van der Waals surface area (Å²) in [6.07, 6.45) is 10.7. The fraction of sp³-hybridized carbons (Fsp3) is 1.00. The highest BCUT2D eigenvalue weighted by Gasteiger charge is 2.42. The maximum absolute atomic E-state index is 11.0. The van der Waals surface area contributed by atoms with Gasteiger partial charge in [0.15, 0.2) is 0 Å². The van der Waals surface area contributed by atoms with Gasteiger partial charge in [-0.25, -0.2) is 0 Å². The number of hydrogen-bond acceptors (Lipinski definition) is 2. The van der Waals surface area contributed by atoms with Gasteiger partial charge in [0, 0.05) is 6.04 Å². The molecular formula is C17H33NO. The Labute approximate surface area is 119 Å². The van der Waals surface area contributed by atoms with Gasteiger partial charge in [-0.15, -0.1) is 0 Å². The lowest BCUT2D eigenvalue weighted by Gasteiger charge is -2.45. The molecule has 2 N–H and O–H groups in total. The maximum atomic E-state index is 11.0. The Hall–Kier alpha value is -0.0800. The first kappa shape index (κ1) is 15.3. The zero-order valence-electron chi connectivity index (χ0n) is 13.2. The Morgan fingerprint density at radius 3 is 2.42 bits per heavy atom. The number of nitrogens with one attached hydrogen (secondary N) is 1. The van der Waals surface area contributed by atoms with E-state index in [-0.39, 0.29) is 0 Å². The van der Waals surface area contributed by atoms with Crippen LogP contribution in [-0.2, 0) is 0 Å².